The molecule has 5 nitrogen and oxygen atoms in total. The summed E-state index contributed by atoms with van der Waals surface area (Å²) in [5.41, 5.74) is 5.34. The van der Waals surface area contributed by atoms with E-state index in [0.717, 1.165) is 58.3 Å². The van der Waals surface area contributed by atoms with Crippen LogP contribution in [0.15, 0.2) is 66.7 Å². The van der Waals surface area contributed by atoms with Crippen molar-refractivity contribution in [2.24, 2.45) is 5.92 Å². The molecule has 1 aliphatic heterocycles. The Balaban J connectivity index is 1.31. The second kappa shape index (κ2) is 12.6. The first kappa shape index (κ1) is 27.1. The molecule has 0 unspecified atom stereocenters. The van der Waals surface area contributed by atoms with Gasteiger partial charge in [0.2, 0.25) is 0 Å². The Bertz CT molecular complexity index is 1260. The minimum Gasteiger partial charge on any atom is -0.508 e. The zero-order valence-corrected chi connectivity index (χ0v) is 23.5. The van der Waals surface area contributed by atoms with Crippen molar-refractivity contribution in [2.45, 2.75) is 52.1 Å². The maximum absolute atomic E-state index is 10.1. The van der Waals surface area contributed by atoms with E-state index in [9.17, 15) is 5.11 Å². The number of nitrogens with zero attached hydrogens (tertiary/aromatic N) is 1. The molecule has 0 saturated heterocycles. The predicted molar refractivity (Wildman–Crippen MR) is 158 cm³/mol. The van der Waals surface area contributed by atoms with Crippen molar-refractivity contribution < 1.29 is 19.3 Å². The molecule has 1 heterocycles. The van der Waals surface area contributed by atoms with Gasteiger partial charge in [-0.3, -0.25) is 4.90 Å². The summed E-state index contributed by atoms with van der Waals surface area (Å²) in [6.07, 6.45) is 6.42. The van der Waals surface area contributed by atoms with Gasteiger partial charge in [-0.1, -0.05) is 50.5 Å². The van der Waals surface area contributed by atoms with Gasteiger partial charge in [-0.25, -0.2) is 0 Å². The van der Waals surface area contributed by atoms with Crippen LogP contribution in [0.1, 0.15) is 68.7 Å². The highest BCUT2D eigenvalue weighted by molar-refractivity contribution is 5.95. The number of allylic oxidation sites excluding steroid dienone is 1. The quantitative estimate of drug-likeness (QED) is 0.261. The average Bonchev–Trinajstić information content (AvgIpc) is 2.92. The number of benzene rings is 3. The Morgan fingerprint density at radius 3 is 2.33 bits per heavy atom. The summed E-state index contributed by atoms with van der Waals surface area (Å²) in [6, 6.07) is 21.7. The third kappa shape index (κ3) is 6.42. The highest BCUT2D eigenvalue weighted by Gasteiger charge is 2.29. The second-order valence-corrected chi connectivity index (χ2v) is 10.8. The van der Waals surface area contributed by atoms with Crippen LogP contribution in [0.2, 0.25) is 0 Å². The van der Waals surface area contributed by atoms with E-state index >= 15 is 0 Å². The number of methoxy groups -OCH3 is 1. The Morgan fingerprint density at radius 1 is 0.923 bits per heavy atom. The van der Waals surface area contributed by atoms with Gasteiger partial charge in [-0.2, -0.15) is 0 Å². The van der Waals surface area contributed by atoms with Crippen molar-refractivity contribution in [1.29, 1.82) is 0 Å². The van der Waals surface area contributed by atoms with Crippen LogP contribution in [-0.2, 0) is 0 Å². The summed E-state index contributed by atoms with van der Waals surface area (Å²) >= 11 is 0. The summed E-state index contributed by atoms with van der Waals surface area (Å²) in [7, 11) is 1.68. The maximum Gasteiger partial charge on any atom is 0.150 e. The maximum atomic E-state index is 10.1. The van der Waals surface area contributed by atoms with Crippen LogP contribution in [0.25, 0.3) is 11.1 Å². The van der Waals surface area contributed by atoms with Crippen molar-refractivity contribution >= 4 is 11.1 Å². The number of hydrogen-bond acceptors (Lipinski definition) is 5. The number of phenols is 1. The van der Waals surface area contributed by atoms with Gasteiger partial charge in [0.15, 0.2) is 0 Å². The Labute approximate surface area is 233 Å². The fraction of sp³-hybridized carbons (Fsp3) is 0.412. The lowest BCUT2D eigenvalue weighted by Crippen LogP contribution is -2.32. The number of aromatic hydroxyl groups is 1. The third-order valence-electron chi connectivity index (χ3n) is 8.16. The van der Waals surface area contributed by atoms with Crippen LogP contribution in [0.5, 0.6) is 23.0 Å². The lowest BCUT2D eigenvalue weighted by atomic mass is 9.83. The van der Waals surface area contributed by atoms with E-state index in [1.54, 1.807) is 19.2 Å². The second-order valence-electron chi connectivity index (χ2n) is 10.8. The van der Waals surface area contributed by atoms with E-state index in [0.29, 0.717) is 12.4 Å². The van der Waals surface area contributed by atoms with Crippen LogP contribution in [-0.4, -0.2) is 43.4 Å². The minimum atomic E-state index is -0.312. The zero-order valence-electron chi connectivity index (χ0n) is 23.5. The summed E-state index contributed by atoms with van der Waals surface area (Å²) in [5.74, 6) is 3.51. The van der Waals surface area contributed by atoms with Gasteiger partial charge in [0.05, 0.1) is 7.11 Å². The summed E-state index contributed by atoms with van der Waals surface area (Å²) in [6.45, 7) is 8.32. The Kier molecular flexibility index (Phi) is 8.77. The van der Waals surface area contributed by atoms with Crippen molar-refractivity contribution in [3.05, 3.63) is 83.4 Å². The van der Waals surface area contributed by atoms with Gasteiger partial charge >= 0.3 is 0 Å². The molecule has 1 atom stereocenters. The molecular weight excluding hydrogens is 486 g/mol. The molecule has 5 rings (SSSR count). The first-order valence-corrected chi connectivity index (χ1v) is 14.4. The van der Waals surface area contributed by atoms with Gasteiger partial charge in [0.1, 0.15) is 35.7 Å². The molecule has 0 amide bonds. The van der Waals surface area contributed by atoms with Crippen LogP contribution < -0.4 is 14.2 Å². The molecule has 2 aliphatic rings. The van der Waals surface area contributed by atoms with Crippen molar-refractivity contribution in [3.63, 3.8) is 0 Å². The topological polar surface area (TPSA) is 51.2 Å². The Morgan fingerprint density at radius 2 is 1.67 bits per heavy atom. The number of fused-ring (bicyclic) bond motifs is 1. The fourth-order valence-corrected chi connectivity index (χ4v) is 5.65. The Hall–Kier alpha value is -3.44. The van der Waals surface area contributed by atoms with Gasteiger partial charge in [0.25, 0.3) is 0 Å². The highest BCUT2D eigenvalue weighted by atomic mass is 16.5. The molecule has 0 bridgehead atoms. The summed E-state index contributed by atoms with van der Waals surface area (Å²) in [4.78, 5) is 2.55. The number of rotatable bonds is 12. The minimum absolute atomic E-state index is 0.196. The van der Waals surface area contributed by atoms with Gasteiger partial charge in [-0.05, 0) is 91.9 Å². The molecular formula is C34H41NO4. The lowest BCUT2D eigenvalue weighted by molar-refractivity contribution is 0.181. The molecule has 3 aromatic rings. The van der Waals surface area contributed by atoms with E-state index in [2.05, 4.69) is 43.0 Å². The fourth-order valence-electron chi connectivity index (χ4n) is 5.65. The van der Waals surface area contributed by atoms with Crippen LogP contribution in [0.3, 0.4) is 0 Å². The van der Waals surface area contributed by atoms with Crippen molar-refractivity contribution in [3.8, 4) is 23.0 Å². The van der Waals surface area contributed by atoms with Crippen LogP contribution in [0.4, 0.5) is 0 Å². The van der Waals surface area contributed by atoms with E-state index in [-0.39, 0.29) is 11.9 Å². The van der Waals surface area contributed by atoms with Crippen LogP contribution in [0, 0.1) is 5.92 Å². The van der Waals surface area contributed by atoms with Crippen molar-refractivity contribution in [2.75, 3.05) is 33.4 Å². The van der Waals surface area contributed by atoms with E-state index < -0.39 is 0 Å². The van der Waals surface area contributed by atoms with Crippen LogP contribution >= 0.6 is 0 Å². The molecule has 3 aromatic carbocycles. The van der Waals surface area contributed by atoms with E-state index in [1.807, 2.05) is 30.3 Å². The van der Waals surface area contributed by atoms with Gasteiger partial charge in [-0.15, -0.1) is 0 Å². The SMILES string of the molecule is CCCN(CCOc1ccc([C@@H]2Oc3cc(O)ccc3C(C)=C2c2ccc(OC)cc2)cc1)CCC1CCC1. The molecule has 1 aliphatic carbocycles. The molecule has 0 aromatic heterocycles. The van der Waals surface area contributed by atoms with Gasteiger partial charge < -0.3 is 19.3 Å². The molecule has 5 heteroatoms. The molecule has 0 radical (unpaired) electrons. The molecule has 1 N–H and O–H groups in total. The lowest BCUT2D eigenvalue weighted by Gasteiger charge is -2.31. The normalized spacial score (nSPS) is 17.0. The molecule has 39 heavy (non-hydrogen) atoms. The molecule has 1 saturated carbocycles. The highest BCUT2D eigenvalue weighted by Crippen LogP contribution is 2.47. The number of hydrogen-bond donors (Lipinski definition) is 1. The standard InChI is InChI=1S/C34H41NO4/c1-4-19-35(20-18-25-6-5-7-25)21-22-38-30-15-10-27(11-16-30)34-33(26-8-13-29(37-3)14-9-26)24(2)31-17-12-28(36)23-32(31)39-34/h8-17,23,25,34,36H,4-7,18-22H2,1-3H3/t34-/m0/s1. The predicted octanol–water partition coefficient (Wildman–Crippen LogP) is 7.75. The summed E-state index contributed by atoms with van der Waals surface area (Å²) in [5, 5.41) is 10.1. The smallest absolute Gasteiger partial charge is 0.150 e. The summed E-state index contributed by atoms with van der Waals surface area (Å²) < 4.78 is 18.1. The molecule has 1 fully saturated rings. The number of ether oxygens (including phenoxy) is 3. The molecule has 0 spiro atoms. The first-order valence-electron chi connectivity index (χ1n) is 14.4. The third-order valence-corrected chi connectivity index (χ3v) is 8.16. The van der Waals surface area contributed by atoms with E-state index in [4.69, 9.17) is 14.2 Å². The van der Waals surface area contributed by atoms with E-state index in [1.165, 1.54) is 38.6 Å². The molecule has 206 valence electrons. The average molecular weight is 528 g/mol. The first-order chi connectivity index (χ1) is 19.1. The largest absolute Gasteiger partial charge is 0.508 e. The monoisotopic (exact) mass is 527 g/mol. The van der Waals surface area contributed by atoms with Gasteiger partial charge in [0, 0.05) is 23.7 Å². The number of phenolic OH excluding ortho intramolecular Hbond substituents is 1. The van der Waals surface area contributed by atoms with Crippen molar-refractivity contribution in [1.82, 2.24) is 4.90 Å². The zero-order chi connectivity index (χ0) is 27.2.